The molecule has 1 aromatic heterocycles. The van der Waals surface area contributed by atoms with E-state index in [-0.39, 0.29) is 30.5 Å². The fourth-order valence-corrected chi connectivity index (χ4v) is 4.42. The monoisotopic (exact) mass is 442 g/mol. The minimum atomic E-state index is -0.598. The van der Waals surface area contributed by atoms with Gasteiger partial charge in [-0.1, -0.05) is 38.0 Å². The van der Waals surface area contributed by atoms with Crippen LogP contribution in [0.3, 0.4) is 0 Å². The molecular formula is C24H34N4O4. The van der Waals surface area contributed by atoms with Gasteiger partial charge in [0.2, 0.25) is 5.91 Å². The Labute approximate surface area is 188 Å². The predicted molar refractivity (Wildman–Crippen MR) is 123 cm³/mol. The first-order valence-electron chi connectivity index (χ1n) is 11.2. The summed E-state index contributed by atoms with van der Waals surface area (Å²) in [6, 6.07) is 7.26. The summed E-state index contributed by atoms with van der Waals surface area (Å²) >= 11 is 0. The number of amides is 2. The molecule has 2 atom stereocenters. The molecule has 0 spiro atoms. The third-order valence-electron chi connectivity index (χ3n) is 6.13. The van der Waals surface area contributed by atoms with Crippen molar-refractivity contribution in [3.63, 3.8) is 0 Å². The quantitative estimate of drug-likeness (QED) is 0.740. The van der Waals surface area contributed by atoms with Gasteiger partial charge in [0.05, 0.1) is 16.6 Å². The summed E-state index contributed by atoms with van der Waals surface area (Å²) < 4.78 is 6.58. The summed E-state index contributed by atoms with van der Waals surface area (Å²) in [5.74, 6) is -0.132. The summed E-state index contributed by atoms with van der Waals surface area (Å²) in [6.45, 7) is 9.43. The van der Waals surface area contributed by atoms with E-state index in [1.807, 2.05) is 39.8 Å². The molecule has 1 aliphatic rings. The zero-order valence-electron chi connectivity index (χ0n) is 19.7. The number of hydrogen-bond acceptors (Lipinski definition) is 5. The SMILES string of the molecule is Cc1nn(CC(=O)N[C@@]2(CNC(=O)OC(C)(C)C)CCCC[C@@H]2C)c(=O)c2ccccc12. The van der Waals surface area contributed by atoms with Crippen molar-refractivity contribution in [2.75, 3.05) is 6.54 Å². The van der Waals surface area contributed by atoms with Crippen LogP contribution in [-0.4, -0.2) is 39.5 Å². The van der Waals surface area contributed by atoms with Crippen molar-refractivity contribution in [2.45, 2.75) is 78.0 Å². The number of nitrogens with zero attached hydrogens (tertiary/aromatic N) is 2. The van der Waals surface area contributed by atoms with Gasteiger partial charge < -0.3 is 15.4 Å². The van der Waals surface area contributed by atoms with E-state index >= 15 is 0 Å². The van der Waals surface area contributed by atoms with Crippen molar-refractivity contribution in [1.29, 1.82) is 0 Å². The lowest BCUT2D eigenvalue weighted by Crippen LogP contribution is -2.61. The smallest absolute Gasteiger partial charge is 0.407 e. The summed E-state index contributed by atoms with van der Waals surface area (Å²) in [5.41, 5.74) is -0.791. The second kappa shape index (κ2) is 9.30. The summed E-state index contributed by atoms with van der Waals surface area (Å²) in [5, 5.41) is 11.6. The Balaban J connectivity index is 1.77. The van der Waals surface area contributed by atoms with Gasteiger partial charge in [-0.3, -0.25) is 9.59 Å². The second-order valence-electron chi connectivity index (χ2n) is 9.80. The van der Waals surface area contributed by atoms with Crippen molar-refractivity contribution in [3.8, 4) is 0 Å². The molecule has 1 fully saturated rings. The zero-order valence-corrected chi connectivity index (χ0v) is 19.7. The van der Waals surface area contributed by atoms with Gasteiger partial charge >= 0.3 is 6.09 Å². The third-order valence-corrected chi connectivity index (χ3v) is 6.13. The summed E-state index contributed by atoms with van der Waals surface area (Å²) in [7, 11) is 0. The van der Waals surface area contributed by atoms with Crippen LogP contribution in [0.2, 0.25) is 0 Å². The highest BCUT2D eigenvalue weighted by molar-refractivity contribution is 5.84. The average molecular weight is 443 g/mol. The van der Waals surface area contributed by atoms with E-state index in [1.165, 1.54) is 4.68 Å². The van der Waals surface area contributed by atoms with Gasteiger partial charge in [-0.25, -0.2) is 9.48 Å². The molecule has 1 saturated carbocycles. The topological polar surface area (TPSA) is 102 Å². The van der Waals surface area contributed by atoms with Crippen LogP contribution >= 0.6 is 0 Å². The van der Waals surface area contributed by atoms with Gasteiger partial charge in [0, 0.05) is 11.9 Å². The van der Waals surface area contributed by atoms with Crippen LogP contribution in [0.4, 0.5) is 4.79 Å². The number of rotatable bonds is 5. The van der Waals surface area contributed by atoms with Crippen LogP contribution in [0.25, 0.3) is 10.8 Å². The van der Waals surface area contributed by atoms with Crippen LogP contribution < -0.4 is 16.2 Å². The molecule has 32 heavy (non-hydrogen) atoms. The number of carbonyl (C=O) groups is 2. The molecule has 174 valence electrons. The lowest BCUT2D eigenvalue weighted by molar-refractivity contribution is -0.125. The van der Waals surface area contributed by atoms with Crippen LogP contribution in [-0.2, 0) is 16.1 Å². The van der Waals surface area contributed by atoms with Crippen LogP contribution in [0.1, 0.15) is 59.1 Å². The van der Waals surface area contributed by atoms with Crippen molar-refractivity contribution in [1.82, 2.24) is 20.4 Å². The Hall–Kier alpha value is -2.90. The maximum absolute atomic E-state index is 13.0. The number of ether oxygens (including phenoxy) is 1. The maximum atomic E-state index is 13.0. The Morgan fingerprint density at radius 2 is 1.91 bits per heavy atom. The highest BCUT2D eigenvalue weighted by Crippen LogP contribution is 2.33. The zero-order chi connectivity index (χ0) is 23.5. The second-order valence-corrected chi connectivity index (χ2v) is 9.80. The van der Waals surface area contributed by atoms with E-state index in [4.69, 9.17) is 4.74 Å². The van der Waals surface area contributed by atoms with Gasteiger partial charge in [0.1, 0.15) is 12.1 Å². The number of fused-ring (bicyclic) bond motifs is 1. The molecule has 8 heteroatoms. The number of benzene rings is 1. The minimum absolute atomic E-state index is 0.165. The third kappa shape index (κ3) is 5.47. The lowest BCUT2D eigenvalue weighted by Gasteiger charge is -2.43. The molecule has 1 aromatic carbocycles. The fourth-order valence-electron chi connectivity index (χ4n) is 4.42. The van der Waals surface area contributed by atoms with Crippen molar-refractivity contribution in [2.24, 2.45) is 5.92 Å². The van der Waals surface area contributed by atoms with Crippen molar-refractivity contribution < 1.29 is 14.3 Å². The van der Waals surface area contributed by atoms with E-state index in [0.717, 1.165) is 31.1 Å². The molecule has 0 bridgehead atoms. The summed E-state index contributed by atoms with van der Waals surface area (Å²) in [4.78, 5) is 38.1. The lowest BCUT2D eigenvalue weighted by atomic mass is 9.73. The Kier molecular flexibility index (Phi) is 6.91. The van der Waals surface area contributed by atoms with Gasteiger partial charge in [0.15, 0.2) is 0 Å². The van der Waals surface area contributed by atoms with E-state index < -0.39 is 17.2 Å². The molecule has 0 saturated heterocycles. The number of aryl methyl sites for hydroxylation is 1. The molecule has 2 amide bonds. The number of carbonyl (C=O) groups excluding carboxylic acids is 2. The molecule has 2 aromatic rings. The number of nitrogens with one attached hydrogen (secondary N) is 2. The number of aromatic nitrogens is 2. The Morgan fingerprint density at radius 1 is 1.22 bits per heavy atom. The first-order valence-corrected chi connectivity index (χ1v) is 11.2. The normalized spacial score (nSPS) is 21.2. The average Bonchev–Trinajstić information content (AvgIpc) is 2.71. The molecule has 3 rings (SSSR count). The van der Waals surface area contributed by atoms with Crippen molar-refractivity contribution >= 4 is 22.8 Å². The number of hydrogen-bond donors (Lipinski definition) is 2. The van der Waals surface area contributed by atoms with Crippen LogP contribution in [0.15, 0.2) is 29.1 Å². The number of alkyl carbamates (subject to hydrolysis) is 1. The highest BCUT2D eigenvalue weighted by atomic mass is 16.6. The van der Waals surface area contributed by atoms with Gasteiger partial charge in [-0.05, 0) is 52.5 Å². The fraction of sp³-hybridized carbons (Fsp3) is 0.583. The van der Waals surface area contributed by atoms with Crippen molar-refractivity contribution in [3.05, 3.63) is 40.3 Å². The molecule has 0 radical (unpaired) electrons. The van der Waals surface area contributed by atoms with Crippen LogP contribution in [0.5, 0.6) is 0 Å². The molecule has 0 aliphatic heterocycles. The van der Waals surface area contributed by atoms with Gasteiger partial charge in [-0.15, -0.1) is 0 Å². The van der Waals surface area contributed by atoms with E-state index in [0.29, 0.717) is 11.1 Å². The largest absolute Gasteiger partial charge is 0.444 e. The molecule has 1 aliphatic carbocycles. The predicted octanol–water partition coefficient (Wildman–Crippen LogP) is 3.29. The Morgan fingerprint density at radius 3 is 2.56 bits per heavy atom. The van der Waals surface area contributed by atoms with E-state index in [2.05, 4.69) is 22.7 Å². The van der Waals surface area contributed by atoms with Crippen LogP contribution in [0, 0.1) is 12.8 Å². The van der Waals surface area contributed by atoms with Gasteiger partial charge in [-0.2, -0.15) is 5.10 Å². The standard InChI is InChI=1S/C24H34N4O4/c1-16-10-8-9-13-24(16,15-25-22(31)32-23(3,4)5)26-20(29)14-28-21(30)19-12-7-6-11-18(19)17(2)27-28/h6-7,11-12,16H,8-10,13-15H2,1-5H3,(H,25,31)(H,26,29)/t16-,24+/m0/s1. The minimum Gasteiger partial charge on any atom is -0.444 e. The van der Waals surface area contributed by atoms with Gasteiger partial charge in [0.25, 0.3) is 5.56 Å². The molecule has 2 N–H and O–H groups in total. The molecule has 0 unspecified atom stereocenters. The molecular weight excluding hydrogens is 408 g/mol. The van der Waals surface area contributed by atoms with E-state index in [9.17, 15) is 14.4 Å². The van der Waals surface area contributed by atoms with E-state index in [1.54, 1.807) is 12.1 Å². The summed E-state index contributed by atoms with van der Waals surface area (Å²) in [6.07, 6.45) is 3.22. The molecule has 8 nitrogen and oxygen atoms in total. The first kappa shape index (κ1) is 23.8. The maximum Gasteiger partial charge on any atom is 0.407 e. The molecule has 1 heterocycles. The first-order chi connectivity index (χ1) is 15.0. The highest BCUT2D eigenvalue weighted by Gasteiger charge is 2.40. The Bertz CT molecular complexity index is 1060.